The van der Waals surface area contributed by atoms with Crippen molar-refractivity contribution in [1.82, 2.24) is 19.5 Å². The number of hydrogen-bond donors (Lipinski definition) is 1. The maximum Gasteiger partial charge on any atom is 0.224 e. The normalized spacial score (nSPS) is 10.4. The van der Waals surface area contributed by atoms with E-state index in [-0.39, 0.29) is 5.91 Å². The molecule has 3 rings (SSSR count). The summed E-state index contributed by atoms with van der Waals surface area (Å²) in [4.78, 5) is 24.0. The van der Waals surface area contributed by atoms with Crippen molar-refractivity contribution in [3.8, 4) is 17.4 Å². The van der Waals surface area contributed by atoms with Gasteiger partial charge in [-0.05, 0) is 30.7 Å². The quantitative estimate of drug-likeness (QED) is 0.712. The number of rotatable bonds is 7. The number of carbonyl (C=O) groups is 1. The van der Waals surface area contributed by atoms with Gasteiger partial charge < -0.3 is 10.1 Å². The third-order valence-electron chi connectivity index (χ3n) is 3.51. The lowest BCUT2D eigenvalue weighted by molar-refractivity contribution is -0.116. The Morgan fingerprint density at radius 3 is 2.80 bits per heavy atom. The second kappa shape index (κ2) is 8.05. The molecule has 0 aliphatic carbocycles. The molecule has 2 heterocycles. The highest BCUT2D eigenvalue weighted by molar-refractivity contribution is 5.90. The first kappa shape index (κ1) is 16.6. The van der Waals surface area contributed by atoms with Crippen LogP contribution < -0.4 is 10.1 Å². The number of hydrogen-bond acceptors (Lipinski definition) is 5. The molecule has 0 aliphatic rings. The monoisotopic (exact) mass is 337 g/mol. The summed E-state index contributed by atoms with van der Waals surface area (Å²) in [6.07, 6.45) is 8.99. The fourth-order valence-corrected chi connectivity index (χ4v) is 2.21. The number of anilines is 1. The molecule has 1 amide bonds. The number of aromatic nitrogens is 4. The summed E-state index contributed by atoms with van der Waals surface area (Å²) in [7, 11) is 0. The zero-order valence-electron chi connectivity index (χ0n) is 13.9. The van der Waals surface area contributed by atoms with Gasteiger partial charge in [-0.3, -0.25) is 9.36 Å². The third-order valence-corrected chi connectivity index (χ3v) is 3.51. The molecule has 0 bridgehead atoms. The standard InChI is InChI=1S/C18H19N5O2/c1-2-3-4-17(24)22-14-5-7-15(8-6-14)25-18-11-16(20-12-21-18)23-10-9-19-13-23/h5-13H,2-4H2,1H3,(H,22,24). The first-order valence-corrected chi connectivity index (χ1v) is 8.13. The van der Waals surface area contributed by atoms with Crippen LogP contribution in [0.5, 0.6) is 11.6 Å². The van der Waals surface area contributed by atoms with Gasteiger partial charge >= 0.3 is 0 Å². The van der Waals surface area contributed by atoms with Crippen LogP contribution in [0.25, 0.3) is 5.82 Å². The number of ether oxygens (including phenoxy) is 1. The van der Waals surface area contributed by atoms with E-state index in [0.717, 1.165) is 18.5 Å². The van der Waals surface area contributed by atoms with Crippen molar-refractivity contribution in [2.24, 2.45) is 0 Å². The summed E-state index contributed by atoms with van der Waals surface area (Å²) < 4.78 is 7.51. The molecule has 0 fully saturated rings. The van der Waals surface area contributed by atoms with Crippen LogP contribution in [0.2, 0.25) is 0 Å². The van der Waals surface area contributed by atoms with E-state index in [0.29, 0.717) is 23.9 Å². The number of nitrogens with one attached hydrogen (secondary N) is 1. The minimum atomic E-state index is 0.0243. The molecule has 1 aromatic carbocycles. The fraction of sp³-hybridized carbons (Fsp3) is 0.222. The highest BCUT2D eigenvalue weighted by Crippen LogP contribution is 2.22. The van der Waals surface area contributed by atoms with E-state index in [1.54, 1.807) is 53.6 Å². The first-order chi connectivity index (χ1) is 12.2. The van der Waals surface area contributed by atoms with Gasteiger partial charge in [-0.15, -0.1) is 0 Å². The molecule has 0 radical (unpaired) electrons. The van der Waals surface area contributed by atoms with E-state index in [9.17, 15) is 4.79 Å². The summed E-state index contributed by atoms with van der Waals surface area (Å²) in [5, 5.41) is 2.87. The van der Waals surface area contributed by atoms with Gasteiger partial charge in [0, 0.05) is 30.6 Å². The smallest absolute Gasteiger partial charge is 0.224 e. The van der Waals surface area contributed by atoms with Crippen LogP contribution in [0.3, 0.4) is 0 Å². The Morgan fingerprint density at radius 1 is 1.24 bits per heavy atom. The number of unbranched alkanes of at least 4 members (excludes halogenated alkanes) is 1. The molecule has 1 N–H and O–H groups in total. The SMILES string of the molecule is CCCCC(=O)Nc1ccc(Oc2cc(-n3ccnc3)ncn2)cc1. The van der Waals surface area contributed by atoms with Crippen LogP contribution in [0, 0.1) is 0 Å². The zero-order valence-corrected chi connectivity index (χ0v) is 13.9. The van der Waals surface area contributed by atoms with Crippen molar-refractivity contribution >= 4 is 11.6 Å². The molecular formula is C18H19N5O2. The largest absolute Gasteiger partial charge is 0.439 e. The highest BCUT2D eigenvalue weighted by Gasteiger charge is 2.05. The summed E-state index contributed by atoms with van der Waals surface area (Å²) >= 11 is 0. The van der Waals surface area contributed by atoms with Crippen molar-refractivity contribution in [1.29, 1.82) is 0 Å². The maximum absolute atomic E-state index is 11.7. The molecule has 0 aliphatic heterocycles. The van der Waals surface area contributed by atoms with Crippen molar-refractivity contribution in [2.45, 2.75) is 26.2 Å². The lowest BCUT2D eigenvalue weighted by Gasteiger charge is -2.08. The summed E-state index contributed by atoms with van der Waals surface area (Å²) in [5.74, 6) is 1.75. The summed E-state index contributed by atoms with van der Waals surface area (Å²) in [6, 6.07) is 8.90. The minimum absolute atomic E-state index is 0.0243. The minimum Gasteiger partial charge on any atom is -0.439 e. The average molecular weight is 337 g/mol. The van der Waals surface area contributed by atoms with Gasteiger partial charge in [-0.1, -0.05) is 13.3 Å². The Morgan fingerprint density at radius 2 is 2.08 bits per heavy atom. The highest BCUT2D eigenvalue weighted by atomic mass is 16.5. The number of benzene rings is 1. The van der Waals surface area contributed by atoms with Gasteiger partial charge in [0.05, 0.1) is 0 Å². The van der Waals surface area contributed by atoms with E-state index in [1.807, 2.05) is 0 Å². The molecule has 3 aromatic rings. The van der Waals surface area contributed by atoms with Crippen molar-refractivity contribution in [2.75, 3.05) is 5.32 Å². The molecule has 0 spiro atoms. The van der Waals surface area contributed by atoms with E-state index in [4.69, 9.17) is 4.74 Å². The molecule has 0 atom stereocenters. The first-order valence-electron chi connectivity index (χ1n) is 8.13. The second-order valence-corrected chi connectivity index (χ2v) is 5.46. The van der Waals surface area contributed by atoms with Crippen LogP contribution in [0.15, 0.2) is 55.4 Å². The van der Waals surface area contributed by atoms with E-state index in [1.165, 1.54) is 6.33 Å². The number of amides is 1. The second-order valence-electron chi connectivity index (χ2n) is 5.46. The predicted molar refractivity (Wildman–Crippen MR) is 93.8 cm³/mol. The molecule has 128 valence electrons. The Labute approximate surface area is 145 Å². The van der Waals surface area contributed by atoms with Crippen LogP contribution in [-0.2, 0) is 4.79 Å². The summed E-state index contributed by atoms with van der Waals surface area (Å²) in [5.41, 5.74) is 0.746. The van der Waals surface area contributed by atoms with Gasteiger partial charge in [0.15, 0.2) is 0 Å². The molecule has 0 saturated heterocycles. The van der Waals surface area contributed by atoms with Gasteiger partial charge in [-0.2, -0.15) is 0 Å². The van der Waals surface area contributed by atoms with Crippen molar-refractivity contribution in [3.63, 3.8) is 0 Å². The number of imidazole rings is 1. The van der Waals surface area contributed by atoms with Gasteiger partial charge in [-0.25, -0.2) is 15.0 Å². The maximum atomic E-state index is 11.7. The number of carbonyl (C=O) groups excluding carboxylic acids is 1. The third kappa shape index (κ3) is 4.63. The Balaban J connectivity index is 1.64. The fourth-order valence-electron chi connectivity index (χ4n) is 2.21. The predicted octanol–water partition coefficient (Wildman–Crippen LogP) is 3.58. The van der Waals surface area contributed by atoms with Gasteiger partial charge in [0.2, 0.25) is 11.8 Å². The van der Waals surface area contributed by atoms with Crippen molar-refractivity contribution in [3.05, 3.63) is 55.4 Å². The number of nitrogens with zero attached hydrogens (tertiary/aromatic N) is 4. The lowest BCUT2D eigenvalue weighted by atomic mass is 10.2. The van der Waals surface area contributed by atoms with Gasteiger partial charge in [0.25, 0.3) is 0 Å². The van der Waals surface area contributed by atoms with Crippen LogP contribution in [-0.4, -0.2) is 25.4 Å². The molecule has 0 unspecified atom stereocenters. The average Bonchev–Trinajstić information content (AvgIpc) is 3.17. The topological polar surface area (TPSA) is 81.9 Å². The lowest BCUT2D eigenvalue weighted by Crippen LogP contribution is -2.10. The Kier molecular flexibility index (Phi) is 5.36. The van der Waals surface area contributed by atoms with Gasteiger partial charge in [0.1, 0.15) is 24.2 Å². The van der Waals surface area contributed by atoms with Crippen molar-refractivity contribution < 1.29 is 9.53 Å². The molecular weight excluding hydrogens is 318 g/mol. The van der Waals surface area contributed by atoms with E-state index in [2.05, 4.69) is 27.2 Å². The van der Waals surface area contributed by atoms with E-state index < -0.39 is 0 Å². The Bertz CT molecular complexity index is 816. The Hall–Kier alpha value is -3.22. The molecule has 25 heavy (non-hydrogen) atoms. The molecule has 0 saturated carbocycles. The summed E-state index contributed by atoms with van der Waals surface area (Å²) in [6.45, 7) is 2.06. The van der Waals surface area contributed by atoms with Crippen LogP contribution in [0.1, 0.15) is 26.2 Å². The molecule has 7 heteroatoms. The molecule has 7 nitrogen and oxygen atoms in total. The zero-order chi connectivity index (χ0) is 17.5. The van der Waals surface area contributed by atoms with E-state index >= 15 is 0 Å². The van der Waals surface area contributed by atoms with Crippen LogP contribution >= 0.6 is 0 Å². The van der Waals surface area contributed by atoms with Crippen LogP contribution in [0.4, 0.5) is 5.69 Å². The molecule has 2 aromatic heterocycles.